The lowest BCUT2D eigenvalue weighted by Gasteiger charge is -2.09. The highest BCUT2D eigenvalue weighted by atomic mass is 35.7. The Morgan fingerprint density at radius 2 is 1.43 bits per heavy atom. The molecule has 2 N–H and O–H groups in total. The summed E-state index contributed by atoms with van der Waals surface area (Å²) in [7, 11) is 1.27. The van der Waals surface area contributed by atoms with Gasteiger partial charge in [0, 0.05) is 32.1 Å². The minimum atomic E-state index is -3.95. The first-order valence-corrected chi connectivity index (χ1v) is 9.38. The highest BCUT2D eigenvalue weighted by Crippen LogP contribution is 2.28. The molecule has 5 nitrogen and oxygen atoms in total. The molecule has 23 heavy (non-hydrogen) atoms. The van der Waals surface area contributed by atoms with E-state index in [4.69, 9.17) is 45.5 Å². The Bertz CT molecular complexity index is 851. The number of carbonyl (C=O) groups excluding carboxylic acids is 1. The van der Waals surface area contributed by atoms with Crippen molar-refractivity contribution in [1.29, 1.82) is 0 Å². The summed E-state index contributed by atoms with van der Waals surface area (Å²) in [6.45, 7) is 0. The third-order valence-corrected chi connectivity index (χ3v) is 4.81. The van der Waals surface area contributed by atoms with Gasteiger partial charge < -0.3 is 10.6 Å². The predicted octanol–water partition coefficient (Wildman–Crippen LogP) is 5.22. The highest BCUT2D eigenvalue weighted by molar-refractivity contribution is 8.13. The molecular weight excluding hydrogens is 406 g/mol. The van der Waals surface area contributed by atoms with Crippen LogP contribution in [0.1, 0.15) is 0 Å². The third-order valence-electron chi connectivity index (χ3n) is 2.57. The van der Waals surface area contributed by atoms with Crippen LogP contribution in [0, 0.1) is 0 Å². The number of halogens is 4. The summed E-state index contributed by atoms with van der Waals surface area (Å²) in [6, 6.07) is 7.79. The van der Waals surface area contributed by atoms with E-state index in [1.165, 1.54) is 36.4 Å². The summed E-state index contributed by atoms with van der Waals surface area (Å²) in [4.78, 5) is 11.7. The molecule has 2 rings (SSSR count). The molecule has 0 unspecified atom stereocenters. The number of carbonyl (C=O) groups is 1. The number of hydrogen-bond donors (Lipinski definition) is 2. The third kappa shape index (κ3) is 5.16. The van der Waals surface area contributed by atoms with Crippen LogP contribution < -0.4 is 10.6 Å². The Kier molecular flexibility index (Phi) is 5.65. The quantitative estimate of drug-likeness (QED) is 0.677. The van der Waals surface area contributed by atoms with Gasteiger partial charge in [0.15, 0.2) is 0 Å². The molecule has 10 heteroatoms. The van der Waals surface area contributed by atoms with Crippen molar-refractivity contribution in [3.05, 3.63) is 51.5 Å². The van der Waals surface area contributed by atoms with E-state index >= 15 is 0 Å². The van der Waals surface area contributed by atoms with E-state index in [0.29, 0.717) is 15.7 Å². The zero-order valence-electron chi connectivity index (χ0n) is 11.1. The van der Waals surface area contributed by atoms with Gasteiger partial charge in [0.1, 0.15) is 4.90 Å². The van der Waals surface area contributed by atoms with Crippen LogP contribution in [-0.4, -0.2) is 14.4 Å². The second-order valence-corrected chi connectivity index (χ2v) is 8.13. The predicted molar refractivity (Wildman–Crippen MR) is 93.6 cm³/mol. The molecule has 0 spiro atoms. The maximum absolute atomic E-state index is 11.9. The van der Waals surface area contributed by atoms with E-state index in [2.05, 4.69) is 10.6 Å². The van der Waals surface area contributed by atoms with Crippen molar-refractivity contribution in [2.24, 2.45) is 0 Å². The number of amides is 2. The number of urea groups is 1. The van der Waals surface area contributed by atoms with E-state index in [1.54, 1.807) is 0 Å². The Labute approximate surface area is 151 Å². The van der Waals surface area contributed by atoms with Crippen molar-refractivity contribution < 1.29 is 13.2 Å². The summed E-state index contributed by atoms with van der Waals surface area (Å²) in [5.74, 6) is 0. The second-order valence-electron chi connectivity index (χ2n) is 4.32. The SMILES string of the molecule is O=C(Nc1cc(Cl)cc(Cl)c1)Nc1ccc(S(=O)(=O)Cl)c(Cl)c1. The van der Waals surface area contributed by atoms with Crippen LogP contribution in [0.3, 0.4) is 0 Å². The van der Waals surface area contributed by atoms with Crippen LogP contribution in [0.2, 0.25) is 15.1 Å². The van der Waals surface area contributed by atoms with Gasteiger partial charge in [-0.15, -0.1) is 0 Å². The molecule has 0 bridgehead atoms. The van der Waals surface area contributed by atoms with Crippen LogP contribution in [0.4, 0.5) is 16.2 Å². The Morgan fingerprint density at radius 1 is 0.870 bits per heavy atom. The van der Waals surface area contributed by atoms with E-state index < -0.39 is 15.1 Å². The molecule has 0 aliphatic rings. The van der Waals surface area contributed by atoms with Gasteiger partial charge in [-0.1, -0.05) is 34.8 Å². The molecule has 0 radical (unpaired) electrons. The zero-order valence-corrected chi connectivity index (χ0v) is 14.9. The van der Waals surface area contributed by atoms with Crippen LogP contribution in [-0.2, 0) is 9.05 Å². The van der Waals surface area contributed by atoms with Gasteiger partial charge in [-0.05, 0) is 36.4 Å². The van der Waals surface area contributed by atoms with Crippen molar-refractivity contribution in [1.82, 2.24) is 0 Å². The van der Waals surface area contributed by atoms with Crippen molar-refractivity contribution in [2.75, 3.05) is 10.6 Å². The van der Waals surface area contributed by atoms with E-state index in [1.807, 2.05) is 0 Å². The van der Waals surface area contributed by atoms with E-state index in [0.717, 1.165) is 0 Å². The number of rotatable bonds is 3. The lowest BCUT2D eigenvalue weighted by molar-refractivity contribution is 0.262. The summed E-state index contributed by atoms with van der Waals surface area (Å²) >= 11 is 17.5. The first kappa shape index (κ1) is 18.2. The average molecular weight is 414 g/mol. The molecule has 122 valence electrons. The molecule has 0 heterocycles. The van der Waals surface area contributed by atoms with Gasteiger partial charge in [0.05, 0.1) is 5.02 Å². The molecule has 0 saturated carbocycles. The maximum atomic E-state index is 11.9. The molecule has 0 aliphatic carbocycles. The van der Waals surface area contributed by atoms with Crippen molar-refractivity contribution in [3.63, 3.8) is 0 Å². The van der Waals surface area contributed by atoms with Crippen LogP contribution in [0.5, 0.6) is 0 Å². The molecule has 0 aliphatic heterocycles. The fourth-order valence-corrected chi connectivity index (χ4v) is 3.75. The summed E-state index contributed by atoms with van der Waals surface area (Å²) in [5.41, 5.74) is 0.677. The summed E-state index contributed by atoms with van der Waals surface area (Å²) < 4.78 is 22.5. The minimum Gasteiger partial charge on any atom is -0.308 e. The summed E-state index contributed by atoms with van der Waals surface area (Å²) in [6.07, 6.45) is 0. The zero-order chi connectivity index (χ0) is 17.2. The van der Waals surface area contributed by atoms with E-state index in [9.17, 15) is 13.2 Å². The monoisotopic (exact) mass is 412 g/mol. The fraction of sp³-hybridized carbons (Fsp3) is 0. The van der Waals surface area contributed by atoms with Gasteiger partial charge in [0.2, 0.25) is 0 Å². The van der Waals surface area contributed by atoms with Crippen LogP contribution >= 0.6 is 45.5 Å². The normalized spacial score (nSPS) is 11.1. The Balaban J connectivity index is 2.13. The molecular formula is C13H8Cl4N2O3S. The second kappa shape index (κ2) is 7.15. The van der Waals surface area contributed by atoms with Gasteiger partial charge >= 0.3 is 6.03 Å². The van der Waals surface area contributed by atoms with Crippen LogP contribution in [0.25, 0.3) is 0 Å². The lowest BCUT2D eigenvalue weighted by Crippen LogP contribution is -2.19. The minimum absolute atomic E-state index is 0.108. The van der Waals surface area contributed by atoms with Crippen LogP contribution in [0.15, 0.2) is 41.3 Å². The largest absolute Gasteiger partial charge is 0.323 e. The first-order chi connectivity index (χ1) is 10.6. The number of hydrogen-bond acceptors (Lipinski definition) is 3. The molecule has 2 aromatic carbocycles. The number of benzene rings is 2. The Hall–Kier alpha value is -1.18. The smallest absolute Gasteiger partial charge is 0.308 e. The molecule has 2 aromatic rings. The molecule has 0 atom stereocenters. The lowest BCUT2D eigenvalue weighted by atomic mass is 10.3. The van der Waals surface area contributed by atoms with Crippen molar-refractivity contribution >= 4 is 71.9 Å². The van der Waals surface area contributed by atoms with Gasteiger partial charge in [-0.25, -0.2) is 13.2 Å². The van der Waals surface area contributed by atoms with E-state index in [-0.39, 0.29) is 15.6 Å². The molecule has 2 amide bonds. The first-order valence-electron chi connectivity index (χ1n) is 5.93. The average Bonchev–Trinajstić information content (AvgIpc) is 2.35. The van der Waals surface area contributed by atoms with Gasteiger partial charge in [0.25, 0.3) is 9.05 Å². The fourth-order valence-electron chi connectivity index (χ4n) is 1.70. The highest BCUT2D eigenvalue weighted by Gasteiger charge is 2.15. The topological polar surface area (TPSA) is 75.3 Å². The maximum Gasteiger partial charge on any atom is 0.323 e. The van der Waals surface area contributed by atoms with Gasteiger partial charge in [-0.2, -0.15) is 0 Å². The summed E-state index contributed by atoms with van der Waals surface area (Å²) in [5, 5.41) is 5.65. The number of nitrogens with one attached hydrogen (secondary N) is 2. The Morgan fingerprint density at radius 3 is 1.96 bits per heavy atom. The number of anilines is 2. The van der Waals surface area contributed by atoms with Crippen molar-refractivity contribution in [2.45, 2.75) is 4.90 Å². The molecule has 0 fully saturated rings. The standard InChI is InChI=1S/C13H8Cl4N2O3S/c14-7-3-8(15)5-10(4-7)19-13(20)18-9-1-2-12(11(16)6-9)23(17,21)22/h1-6H,(H2,18,19,20). The van der Waals surface area contributed by atoms with Crippen molar-refractivity contribution in [3.8, 4) is 0 Å². The molecule has 0 aromatic heterocycles. The molecule has 0 saturated heterocycles. The van der Waals surface area contributed by atoms with Gasteiger partial charge in [-0.3, -0.25) is 0 Å².